The Morgan fingerprint density at radius 3 is 2.36 bits per heavy atom. The maximum absolute atomic E-state index is 5.56. The summed E-state index contributed by atoms with van der Waals surface area (Å²) in [6.07, 6.45) is 9.44. The van der Waals surface area contributed by atoms with Gasteiger partial charge in [0, 0.05) is 29.9 Å². The number of hydrogen-bond acceptors (Lipinski definition) is 3. The average Bonchev–Trinajstić information content (AvgIpc) is 3.41. The first kappa shape index (κ1) is 17.1. The highest BCUT2D eigenvalue weighted by Gasteiger charge is 2.44. The largest absolute Gasteiger partial charge is 0.494 e. The van der Waals surface area contributed by atoms with Gasteiger partial charge < -0.3 is 15.4 Å². The van der Waals surface area contributed by atoms with Crippen LogP contribution in [0.1, 0.15) is 51.9 Å². The van der Waals surface area contributed by atoms with Crippen molar-refractivity contribution in [2.24, 2.45) is 0 Å². The van der Waals surface area contributed by atoms with Gasteiger partial charge in [-0.2, -0.15) is 0 Å². The number of nitrogens with one attached hydrogen (secondary N) is 2. The van der Waals surface area contributed by atoms with Crippen LogP contribution in [0.3, 0.4) is 0 Å². The second-order valence-corrected chi connectivity index (χ2v) is 8.05. The summed E-state index contributed by atoms with van der Waals surface area (Å²) in [5.41, 5.74) is 1.01. The van der Waals surface area contributed by atoms with E-state index in [1.807, 2.05) is 31.2 Å². The minimum atomic E-state index is 0.507. The minimum Gasteiger partial charge on any atom is -0.494 e. The predicted octanol–water partition coefficient (Wildman–Crippen LogP) is 3.92. The zero-order valence-electron chi connectivity index (χ0n) is 15.0. The van der Waals surface area contributed by atoms with Crippen LogP contribution < -0.4 is 15.4 Å². The first-order valence-corrected chi connectivity index (χ1v) is 10.2. The number of piperidine rings is 2. The summed E-state index contributed by atoms with van der Waals surface area (Å²) in [5.74, 6) is 0.896. The van der Waals surface area contributed by atoms with Crippen LogP contribution in [0.25, 0.3) is 0 Å². The zero-order chi connectivity index (χ0) is 17.2. The average molecular weight is 360 g/mol. The van der Waals surface area contributed by atoms with Gasteiger partial charge in [-0.05, 0) is 81.9 Å². The van der Waals surface area contributed by atoms with Crippen LogP contribution in [0.5, 0.6) is 5.75 Å². The first-order valence-electron chi connectivity index (χ1n) is 9.80. The SMILES string of the molecule is CCOc1ccc(NC(=S)NC2C[C@H]3CCC[C@H](C2)N3C2CC2)cc1. The molecule has 1 aliphatic carbocycles. The maximum atomic E-state index is 5.56. The van der Waals surface area contributed by atoms with E-state index in [1.165, 1.54) is 44.9 Å². The van der Waals surface area contributed by atoms with Gasteiger partial charge in [-0.25, -0.2) is 0 Å². The van der Waals surface area contributed by atoms with Gasteiger partial charge in [0.15, 0.2) is 5.11 Å². The summed E-state index contributed by atoms with van der Waals surface area (Å²) in [6, 6.07) is 10.9. The number of hydrogen-bond donors (Lipinski definition) is 2. The van der Waals surface area contributed by atoms with Gasteiger partial charge in [0.2, 0.25) is 0 Å². The molecule has 3 aliphatic rings. The van der Waals surface area contributed by atoms with E-state index >= 15 is 0 Å². The quantitative estimate of drug-likeness (QED) is 0.780. The molecule has 2 atom stereocenters. The van der Waals surface area contributed by atoms with Gasteiger partial charge in [0.05, 0.1) is 6.61 Å². The second-order valence-electron chi connectivity index (χ2n) is 7.64. The lowest BCUT2D eigenvalue weighted by Crippen LogP contribution is -2.57. The summed E-state index contributed by atoms with van der Waals surface area (Å²) in [4.78, 5) is 2.85. The Hall–Kier alpha value is -1.33. The van der Waals surface area contributed by atoms with Crippen LogP contribution in [0, 0.1) is 0 Å². The third kappa shape index (κ3) is 4.09. The van der Waals surface area contributed by atoms with Crippen molar-refractivity contribution >= 4 is 23.0 Å². The Kier molecular flexibility index (Phi) is 5.13. The molecule has 2 bridgehead atoms. The molecule has 0 radical (unpaired) electrons. The summed E-state index contributed by atoms with van der Waals surface area (Å²) in [5, 5.41) is 7.64. The highest BCUT2D eigenvalue weighted by molar-refractivity contribution is 7.80. The topological polar surface area (TPSA) is 36.5 Å². The Morgan fingerprint density at radius 2 is 1.76 bits per heavy atom. The van der Waals surface area contributed by atoms with Gasteiger partial charge in [0.1, 0.15) is 5.75 Å². The third-order valence-corrected chi connectivity index (χ3v) is 5.98. The Morgan fingerprint density at radius 1 is 1.08 bits per heavy atom. The molecule has 5 heteroatoms. The fourth-order valence-corrected chi connectivity index (χ4v) is 4.94. The smallest absolute Gasteiger partial charge is 0.170 e. The van der Waals surface area contributed by atoms with E-state index in [-0.39, 0.29) is 0 Å². The lowest BCUT2D eigenvalue weighted by atomic mass is 9.81. The summed E-state index contributed by atoms with van der Waals surface area (Å²) in [7, 11) is 0. The van der Waals surface area contributed by atoms with Crippen molar-refractivity contribution in [1.82, 2.24) is 10.2 Å². The van der Waals surface area contributed by atoms with Gasteiger partial charge in [-0.1, -0.05) is 6.42 Å². The van der Waals surface area contributed by atoms with Crippen molar-refractivity contribution in [3.63, 3.8) is 0 Å². The first-order chi connectivity index (χ1) is 12.2. The van der Waals surface area contributed by atoms with Gasteiger partial charge >= 0.3 is 0 Å². The molecule has 2 heterocycles. The normalized spacial score (nSPS) is 29.1. The van der Waals surface area contributed by atoms with E-state index in [2.05, 4.69) is 15.5 Å². The molecule has 0 unspecified atom stereocenters. The maximum Gasteiger partial charge on any atom is 0.170 e. The number of nitrogens with zero attached hydrogens (tertiary/aromatic N) is 1. The van der Waals surface area contributed by atoms with Crippen molar-refractivity contribution in [2.75, 3.05) is 11.9 Å². The fourth-order valence-electron chi connectivity index (χ4n) is 4.66. The van der Waals surface area contributed by atoms with E-state index in [9.17, 15) is 0 Å². The molecule has 1 saturated carbocycles. The predicted molar refractivity (Wildman–Crippen MR) is 106 cm³/mol. The van der Waals surface area contributed by atoms with Crippen LogP contribution >= 0.6 is 12.2 Å². The fraction of sp³-hybridized carbons (Fsp3) is 0.650. The molecule has 0 aromatic heterocycles. The summed E-state index contributed by atoms with van der Waals surface area (Å²) < 4.78 is 5.48. The molecule has 2 saturated heterocycles. The third-order valence-electron chi connectivity index (χ3n) is 5.76. The number of rotatable bonds is 5. The van der Waals surface area contributed by atoms with Crippen LogP contribution in [0.15, 0.2) is 24.3 Å². The number of benzene rings is 1. The highest BCUT2D eigenvalue weighted by Crippen LogP contribution is 2.41. The minimum absolute atomic E-state index is 0.507. The number of fused-ring (bicyclic) bond motifs is 2. The molecular formula is C20H29N3OS. The molecule has 0 amide bonds. The molecule has 0 spiro atoms. The molecule has 2 aliphatic heterocycles. The molecule has 2 N–H and O–H groups in total. The Balaban J connectivity index is 1.30. The summed E-state index contributed by atoms with van der Waals surface area (Å²) in [6.45, 7) is 2.68. The van der Waals surface area contributed by atoms with Crippen LogP contribution in [-0.4, -0.2) is 40.8 Å². The van der Waals surface area contributed by atoms with E-state index in [4.69, 9.17) is 17.0 Å². The molecule has 4 rings (SSSR count). The van der Waals surface area contributed by atoms with Crippen molar-refractivity contribution < 1.29 is 4.74 Å². The van der Waals surface area contributed by atoms with Crippen molar-refractivity contribution in [1.29, 1.82) is 0 Å². The van der Waals surface area contributed by atoms with E-state index in [1.54, 1.807) is 0 Å². The monoisotopic (exact) mass is 359 g/mol. The molecule has 1 aromatic rings. The van der Waals surface area contributed by atoms with Crippen molar-refractivity contribution in [3.8, 4) is 5.75 Å². The molecule has 1 aromatic carbocycles. The van der Waals surface area contributed by atoms with Crippen LogP contribution in [0.2, 0.25) is 0 Å². The molecule has 136 valence electrons. The number of anilines is 1. The number of ether oxygens (including phenoxy) is 1. The molecular weight excluding hydrogens is 330 g/mol. The van der Waals surface area contributed by atoms with Gasteiger partial charge in [-0.3, -0.25) is 4.90 Å². The Labute approximate surface area is 156 Å². The standard InChI is InChI=1S/C20H29N3OS/c1-2-24-19-10-6-14(7-11-19)21-20(25)22-15-12-17-4-3-5-18(13-15)23(17)16-8-9-16/h6-7,10-11,15-18H,2-5,8-9,12-13H2,1H3,(H2,21,22,25)/t17-,18-/m1/s1. The molecule has 4 nitrogen and oxygen atoms in total. The zero-order valence-corrected chi connectivity index (χ0v) is 15.9. The summed E-state index contributed by atoms with van der Waals surface area (Å²) >= 11 is 5.56. The van der Waals surface area contributed by atoms with Crippen molar-refractivity contribution in [3.05, 3.63) is 24.3 Å². The van der Waals surface area contributed by atoms with E-state index in [0.29, 0.717) is 12.6 Å². The Bertz CT molecular complexity index is 587. The molecule has 3 fully saturated rings. The van der Waals surface area contributed by atoms with Gasteiger partial charge in [-0.15, -0.1) is 0 Å². The highest BCUT2D eigenvalue weighted by atomic mass is 32.1. The number of thiocarbonyl (C=S) groups is 1. The second kappa shape index (κ2) is 7.50. The van der Waals surface area contributed by atoms with Crippen molar-refractivity contribution in [2.45, 2.75) is 76.0 Å². The lowest BCUT2D eigenvalue weighted by molar-refractivity contribution is 0.0209. The lowest BCUT2D eigenvalue weighted by Gasteiger charge is -2.49. The van der Waals surface area contributed by atoms with Crippen LogP contribution in [0.4, 0.5) is 5.69 Å². The van der Waals surface area contributed by atoms with E-state index < -0.39 is 0 Å². The molecule has 25 heavy (non-hydrogen) atoms. The van der Waals surface area contributed by atoms with Gasteiger partial charge in [0.25, 0.3) is 0 Å². The van der Waals surface area contributed by atoms with Crippen LogP contribution in [-0.2, 0) is 0 Å². The van der Waals surface area contributed by atoms with E-state index in [0.717, 1.165) is 34.7 Å².